The minimum absolute atomic E-state index is 0.730. The van der Waals surface area contributed by atoms with Gasteiger partial charge in [0, 0.05) is 25.7 Å². The molecule has 0 bridgehead atoms. The summed E-state index contributed by atoms with van der Waals surface area (Å²) in [6, 6.07) is 0.730. The molecule has 0 aromatic carbocycles. The highest BCUT2D eigenvalue weighted by Gasteiger charge is 2.19. The molecule has 1 aliphatic rings. The van der Waals surface area contributed by atoms with Crippen molar-refractivity contribution in [2.75, 3.05) is 39.0 Å². The van der Waals surface area contributed by atoms with Crippen LogP contribution in [0.5, 0.6) is 0 Å². The van der Waals surface area contributed by atoms with Crippen molar-refractivity contribution in [2.24, 2.45) is 0 Å². The van der Waals surface area contributed by atoms with Gasteiger partial charge >= 0.3 is 0 Å². The van der Waals surface area contributed by atoms with Crippen LogP contribution in [0.1, 0.15) is 26.2 Å². The smallest absolute Gasteiger partial charge is 0.0192 e. The molecule has 1 heterocycles. The molecular formula is C11H24N2S. The highest BCUT2D eigenvalue weighted by Crippen LogP contribution is 2.08. The van der Waals surface area contributed by atoms with Gasteiger partial charge in [0.2, 0.25) is 0 Å². The first kappa shape index (κ1) is 12.3. The van der Waals surface area contributed by atoms with E-state index in [-0.39, 0.29) is 0 Å². The summed E-state index contributed by atoms with van der Waals surface area (Å²) < 4.78 is 0. The van der Waals surface area contributed by atoms with Gasteiger partial charge < -0.3 is 9.80 Å². The number of piperazine rings is 1. The van der Waals surface area contributed by atoms with E-state index in [0.717, 1.165) is 11.8 Å². The summed E-state index contributed by atoms with van der Waals surface area (Å²) in [6.07, 6.45) is 3.95. The van der Waals surface area contributed by atoms with E-state index in [1.165, 1.54) is 45.4 Å². The molecule has 0 aromatic rings. The van der Waals surface area contributed by atoms with E-state index in [2.05, 4.69) is 36.4 Å². The largest absolute Gasteiger partial charge is 0.301 e. The van der Waals surface area contributed by atoms with Crippen LogP contribution in [-0.2, 0) is 0 Å². The molecule has 2 nitrogen and oxygen atoms in total. The lowest BCUT2D eigenvalue weighted by molar-refractivity contribution is 0.104. The van der Waals surface area contributed by atoms with Crippen molar-refractivity contribution in [3.05, 3.63) is 0 Å². The highest BCUT2D eigenvalue weighted by atomic mass is 32.1. The van der Waals surface area contributed by atoms with E-state index < -0.39 is 0 Å². The quantitative estimate of drug-likeness (QED) is 0.552. The monoisotopic (exact) mass is 216 g/mol. The van der Waals surface area contributed by atoms with Gasteiger partial charge in [0.15, 0.2) is 0 Å². The van der Waals surface area contributed by atoms with E-state index in [9.17, 15) is 0 Å². The number of hydrogen-bond donors (Lipinski definition) is 1. The Hall–Kier alpha value is 0.270. The molecule has 0 amide bonds. The van der Waals surface area contributed by atoms with Crippen molar-refractivity contribution in [1.29, 1.82) is 0 Å². The first-order chi connectivity index (χ1) is 6.74. The molecule has 1 saturated heterocycles. The van der Waals surface area contributed by atoms with Crippen LogP contribution in [0.3, 0.4) is 0 Å². The minimum atomic E-state index is 0.730. The zero-order chi connectivity index (χ0) is 10.4. The van der Waals surface area contributed by atoms with Gasteiger partial charge in [0.1, 0.15) is 0 Å². The summed E-state index contributed by atoms with van der Waals surface area (Å²) in [5, 5.41) is 0. The Morgan fingerprint density at radius 1 is 1.21 bits per heavy atom. The maximum absolute atomic E-state index is 4.23. The minimum Gasteiger partial charge on any atom is -0.301 e. The average Bonchev–Trinajstić information content (AvgIpc) is 2.18. The standard InChI is InChI=1S/C11H24N2S/c1-11-10-13(8-7-12(11)2)6-4-3-5-9-14/h11,14H,3-10H2,1-2H3. The third-order valence-corrected chi connectivity index (χ3v) is 3.49. The summed E-state index contributed by atoms with van der Waals surface area (Å²) in [5.41, 5.74) is 0. The molecule has 0 aromatic heterocycles. The van der Waals surface area contributed by atoms with Gasteiger partial charge in [0.25, 0.3) is 0 Å². The van der Waals surface area contributed by atoms with Gasteiger partial charge in [-0.3, -0.25) is 0 Å². The predicted molar refractivity (Wildman–Crippen MR) is 66.2 cm³/mol. The van der Waals surface area contributed by atoms with E-state index in [4.69, 9.17) is 0 Å². The van der Waals surface area contributed by atoms with Gasteiger partial charge in [-0.25, -0.2) is 0 Å². The second-order valence-corrected chi connectivity index (χ2v) is 4.86. The van der Waals surface area contributed by atoms with Gasteiger partial charge in [-0.1, -0.05) is 6.42 Å². The van der Waals surface area contributed by atoms with Crippen molar-refractivity contribution in [1.82, 2.24) is 9.80 Å². The molecular weight excluding hydrogens is 192 g/mol. The summed E-state index contributed by atoms with van der Waals surface area (Å²) in [4.78, 5) is 5.05. The molecule has 0 spiro atoms. The number of rotatable bonds is 5. The van der Waals surface area contributed by atoms with E-state index in [0.29, 0.717) is 0 Å². The van der Waals surface area contributed by atoms with Crippen molar-refractivity contribution < 1.29 is 0 Å². The molecule has 1 rings (SSSR count). The lowest BCUT2D eigenvalue weighted by Gasteiger charge is -2.37. The van der Waals surface area contributed by atoms with Gasteiger partial charge in [-0.2, -0.15) is 12.6 Å². The number of unbranched alkanes of at least 4 members (excludes halogenated alkanes) is 2. The Kier molecular flexibility index (Phi) is 5.90. The highest BCUT2D eigenvalue weighted by molar-refractivity contribution is 7.80. The molecule has 0 aliphatic carbocycles. The second kappa shape index (κ2) is 6.70. The zero-order valence-corrected chi connectivity index (χ0v) is 10.5. The molecule has 3 heteroatoms. The molecule has 1 fully saturated rings. The molecule has 1 unspecified atom stereocenters. The van der Waals surface area contributed by atoms with Crippen molar-refractivity contribution in [3.8, 4) is 0 Å². The van der Waals surface area contributed by atoms with Crippen LogP contribution in [0.25, 0.3) is 0 Å². The van der Waals surface area contributed by atoms with Crippen LogP contribution in [0.15, 0.2) is 0 Å². The Bertz CT molecular complexity index is 152. The number of thiol groups is 1. The van der Waals surface area contributed by atoms with Gasteiger partial charge in [-0.15, -0.1) is 0 Å². The van der Waals surface area contributed by atoms with Gasteiger partial charge in [-0.05, 0) is 39.1 Å². The van der Waals surface area contributed by atoms with Crippen LogP contribution >= 0.6 is 12.6 Å². The first-order valence-electron chi connectivity index (χ1n) is 5.77. The molecule has 0 saturated carbocycles. The molecule has 0 N–H and O–H groups in total. The summed E-state index contributed by atoms with van der Waals surface area (Å²) in [7, 11) is 2.23. The zero-order valence-electron chi connectivity index (χ0n) is 9.58. The fourth-order valence-electron chi connectivity index (χ4n) is 1.95. The summed E-state index contributed by atoms with van der Waals surface area (Å²) >= 11 is 4.23. The second-order valence-electron chi connectivity index (χ2n) is 4.41. The fraction of sp³-hybridized carbons (Fsp3) is 1.00. The van der Waals surface area contributed by atoms with Crippen LogP contribution in [0.4, 0.5) is 0 Å². The Labute approximate surface area is 94.1 Å². The van der Waals surface area contributed by atoms with Crippen LogP contribution < -0.4 is 0 Å². The average molecular weight is 216 g/mol. The van der Waals surface area contributed by atoms with Crippen molar-refractivity contribution in [2.45, 2.75) is 32.2 Å². The molecule has 14 heavy (non-hydrogen) atoms. The number of hydrogen-bond acceptors (Lipinski definition) is 3. The Balaban J connectivity index is 2.07. The van der Waals surface area contributed by atoms with Gasteiger partial charge in [0.05, 0.1) is 0 Å². The molecule has 1 aliphatic heterocycles. The molecule has 0 radical (unpaired) electrons. The lowest BCUT2D eigenvalue weighted by Crippen LogP contribution is -2.50. The summed E-state index contributed by atoms with van der Waals surface area (Å²) in [6.45, 7) is 7.33. The Morgan fingerprint density at radius 2 is 2.00 bits per heavy atom. The summed E-state index contributed by atoms with van der Waals surface area (Å²) in [5.74, 6) is 1.04. The van der Waals surface area contributed by atoms with Crippen LogP contribution in [-0.4, -0.2) is 54.8 Å². The molecule has 84 valence electrons. The topological polar surface area (TPSA) is 6.48 Å². The maximum Gasteiger partial charge on any atom is 0.0192 e. The first-order valence-corrected chi connectivity index (χ1v) is 6.40. The van der Waals surface area contributed by atoms with E-state index >= 15 is 0 Å². The van der Waals surface area contributed by atoms with Crippen molar-refractivity contribution >= 4 is 12.6 Å². The fourth-order valence-corrected chi connectivity index (χ4v) is 2.17. The number of nitrogens with zero attached hydrogens (tertiary/aromatic N) is 2. The van der Waals surface area contributed by atoms with Crippen LogP contribution in [0.2, 0.25) is 0 Å². The van der Waals surface area contributed by atoms with Crippen LogP contribution in [0, 0.1) is 0 Å². The maximum atomic E-state index is 4.23. The predicted octanol–water partition coefficient (Wildman–Crippen LogP) is 1.72. The molecule has 1 atom stereocenters. The number of likely N-dealkylation sites (N-methyl/N-ethyl adjacent to an activating group) is 1. The third-order valence-electron chi connectivity index (χ3n) is 3.18. The van der Waals surface area contributed by atoms with E-state index in [1.54, 1.807) is 0 Å². The van der Waals surface area contributed by atoms with Crippen molar-refractivity contribution in [3.63, 3.8) is 0 Å². The normalized spacial score (nSPS) is 25.5. The lowest BCUT2D eigenvalue weighted by atomic mass is 10.2. The Morgan fingerprint density at radius 3 is 2.64 bits per heavy atom. The SMILES string of the molecule is CC1CN(CCCCCS)CCN1C. The third kappa shape index (κ3) is 4.20. The van der Waals surface area contributed by atoms with E-state index in [1.807, 2.05) is 0 Å².